The predicted molar refractivity (Wildman–Crippen MR) is 180 cm³/mol. The van der Waals surface area contributed by atoms with Crippen LogP contribution < -0.4 is 10.6 Å². The number of carbonyl (C=O) groups is 2. The average Bonchev–Trinajstić information content (AvgIpc) is 3.11. The smallest absolute Gasteiger partial charge is 0.196 e. The monoisotopic (exact) mass is 598 g/mol. The molecule has 0 aromatic heterocycles. The van der Waals surface area contributed by atoms with Crippen molar-refractivity contribution in [3.05, 3.63) is 168 Å². The third kappa shape index (κ3) is 5.95. The molecule has 8 heteroatoms. The maximum atomic E-state index is 13.9. The van der Waals surface area contributed by atoms with E-state index in [1.54, 1.807) is 36.4 Å². The van der Waals surface area contributed by atoms with Gasteiger partial charge >= 0.3 is 0 Å². The number of benzene rings is 6. The lowest BCUT2D eigenvalue weighted by Gasteiger charge is -2.23. The quantitative estimate of drug-likeness (QED) is 0.170. The van der Waals surface area contributed by atoms with E-state index in [0.29, 0.717) is 45.0 Å². The first-order valence-electron chi connectivity index (χ1n) is 14.7. The zero-order valence-electron chi connectivity index (χ0n) is 24.5. The van der Waals surface area contributed by atoms with Crippen molar-refractivity contribution in [2.24, 2.45) is 20.5 Å². The summed E-state index contributed by atoms with van der Waals surface area (Å²) in [6.07, 6.45) is 0. The molecule has 0 amide bonds. The summed E-state index contributed by atoms with van der Waals surface area (Å²) in [7, 11) is 0. The lowest BCUT2D eigenvalue weighted by Crippen LogP contribution is -2.23. The van der Waals surface area contributed by atoms with Crippen molar-refractivity contribution >= 4 is 57.1 Å². The molecule has 7 rings (SSSR count). The summed E-state index contributed by atoms with van der Waals surface area (Å²) in [5.41, 5.74) is 6.91. The molecular weight excluding hydrogens is 572 g/mol. The van der Waals surface area contributed by atoms with Crippen molar-refractivity contribution < 1.29 is 9.59 Å². The fourth-order valence-corrected chi connectivity index (χ4v) is 5.20. The van der Waals surface area contributed by atoms with E-state index >= 15 is 0 Å². The highest BCUT2D eigenvalue weighted by Crippen LogP contribution is 2.37. The normalized spacial score (nSPS) is 12.3. The Balaban J connectivity index is 1.10. The summed E-state index contributed by atoms with van der Waals surface area (Å²) in [6.45, 7) is 0. The van der Waals surface area contributed by atoms with Gasteiger partial charge < -0.3 is 10.6 Å². The third-order valence-corrected chi connectivity index (χ3v) is 7.44. The van der Waals surface area contributed by atoms with Crippen molar-refractivity contribution in [2.75, 3.05) is 10.6 Å². The minimum Gasteiger partial charge on any atom is -0.355 e. The van der Waals surface area contributed by atoms with E-state index in [2.05, 4.69) is 31.1 Å². The number of fused-ring (bicyclic) bond motifs is 2. The second-order valence-corrected chi connectivity index (χ2v) is 10.5. The number of ketones is 2. The molecule has 0 unspecified atom stereocenters. The fourth-order valence-electron chi connectivity index (χ4n) is 5.20. The molecule has 1 aliphatic rings. The number of nitrogens with one attached hydrogen (secondary N) is 2. The first kappa shape index (κ1) is 28.2. The highest BCUT2D eigenvalue weighted by Gasteiger charge is 2.33. The lowest BCUT2D eigenvalue weighted by molar-refractivity contribution is 0.0980. The second kappa shape index (κ2) is 12.6. The molecule has 0 atom stereocenters. The molecule has 0 saturated heterocycles. The molecule has 0 radical (unpaired) electrons. The second-order valence-electron chi connectivity index (χ2n) is 10.5. The van der Waals surface area contributed by atoms with Gasteiger partial charge in [-0.05, 0) is 84.9 Å². The van der Waals surface area contributed by atoms with Gasteiger partial charge in [-0.2, -0.15) is 20.5 Å². The Morgan fingerprint density at radius 1 is 0.348 bits per heavy atom. The van der Waals surface area contributed by atoms with Gasteiger partial charge in [0.1, 0.15) is 0 Å². The Morgan fingerprint density at radius 2 is 0.696 bits per heavy atom. The molecule has 8 nitrogen and oxygen atoms in total. The first-order chi connectivity index (χ1) is 22.6. The van der Waals surface area contributed by atoms with Crippen LogP contribution in [0.4, 0.5) is 45.5 Å². The van der Waals surface area contributed by atoms with Crippen LogP contribution in [0.2, 0.25) is 0 Å². The van der Waals surface area contributed by atoms with E-state index in [1.165, 1.54) is 0 Å². The predicted octanol–water partition coefficient (Wildman–Crippen LogP) is 10.8. The summed E-state index contributed by atoms with van der Waals surface area (Å²) in [5, 5.41) is 23.7. The van der Waals surface area contributed by atoms with Crippen molar-refractivity contribution in [2.45, 2.75) is 0 Å². The molecule has 46 heavy (non-hydrogen) atoms. The number of hydrogen-bond donors (Lipinski definition) is 2. The Morgan fingerprint density at radius 3 is 1.07 bits per heavy atom. The van der Waals surface area contributed by atoms with Gasteiger partial charge in [0.15, 0.2) is 11.6 Å². The van der Waals surface area contributed by atoms with E-state index in [0.717, 1.165) is 22.7 Å². The van der Waals surface area contributed by atoms with Crippen molar-refractivity contribution in [3.63, 3.8) is 0 Å². The largest absolute Gasteiger partial charge is 0.355 e. The van der Waals surface area contributed by atoms with Gasteiger partial charge in [0, 0.05) is 22.5 Å². The van der Waals surface area contributed by atoms with Gasteiger partial charge in [-0.15, -0.1) is 0 Å². The van der Waals surface area contributed by atoms with Crippen LogP contribution in [-0.4, -0.2) is 11.6 Å². The van der Waals surface area contributed by atoms with Crippen LogP contribution in [0.3, 0.4) is 0 Å². The van der Waals surface area contributed by atoms with E-state index in [-0.39, 0.29) is 11.6 Å². The van der Waals surface area contributed by atoms with Gasteiger partial charge in [-0.3, -0.25) is 9.59 Å². The first-order valence-corrected chi connectivity index (χ1v) is 14.7. The third-order valence-electron chi connectivity index (χ3n) is 7.44. The molecule has 0 spiro atoms. The molecule has 0 bridgehead atoms. The van der Waals surface area contributed by atoms with Gasteiger partial charge in [0.25, 0.3) is 0 Å². The SMILES string of the molecule is O=C1c2cccc(Nc3ccc(N=Nc4ccccc4)cc3)c2C(=O)c2cccc(Nc3ccc(N=Nc4ccccc4)cc3)c21. The average molecular weight is 599 g/mol. The molecule has 1 aliphatic carbocycles. The van der Waals surface area contributed by atoms with Gasteiger partial charge in [0.05, 0.1) is 45.3 Å². The Bertz CT molecular complexity index is 1950. The molecule has 0 saturated carbocycles. The molecule has 0 fully saturated rings. The van der Waals surface area contributed by atoms with E-state index in [1.807, 2.05) is 109 Å². The van der Waals surface area contributed by atoms with Gasteiger partial charge in [-0.25, -0.2) is 0 Å². The zero-order chi connectivity index (χ0) is 31.3. The Labute approximate surface area is 265 Å². The van der Waals surface area contributed by atoms with Crippen LogP contribution in [0.1, 0.15) is 31.8 Å². The number of rotatable bonds is 8. The maximum Gasteiger partial charge on any atom is 0.196 e. The van der Waals surface area contributed by atoms with Crippen molar-refractivity contribution in [1.29, 1.82) is 0 Å². The van der Waals surface area contributed by atoms with Crippen LogP contribution in [-0.2, 0) is 0 Å². The van der Waals surface area contributed by atoms with E-state index in [9.17, 15) is 9.59 Å². The summed E-state index contributed by atoms with van der Waals surface area (Å²) in [6, 6.07) is 44.3. The zero-order valence-corrected chi connectivity index (χ0v) is 24.5. The summed E-state index contributed by atoms with van der Waals surface area (Å²) in [4.78, 5) is 27.8. The fraction of sp³-hybridized carbons (Fsp3) is 0. The Hall–Kier alpha value is -6.54. The standard InChI is InChI=1S/C38H26N6O2/c45-37-32-14-8-16-34(40-26-19-23-30(24-20-26)44-42-28-11-5-2-6-12-28)36(32)38(46)31-13-7-15-33(35(31)37)39-25-17-21-29(22-18-25)43-41-27-9-3-1-4-10-27/h1-24,39-40H. The van der Waals surface area contributed by atoms with Crippen LogP contribution in [0.15, 0.2) is 166 Å². The summed E-state index contributed by atoms with van der Waals surface area (Å²) >= 11 is 0. The van der Waals surface area contributed by atoms with Gasteiger partial charge in [-0.1, -0.05) is 60.7 Å². The molecule has 0 heterocycles. The highest BCUT2D eigenvalue weighted by molar-refractivity contribution is 6.32. The molecule has 220 valence electrons. The minimum atomic E-state index is -0.221. The number of carbonyl (C=O) groups excluding carboxylic acids is 2. The molecule has 6 aromatic carbocycles. The number of azo groups is 2. The number of anilines is 4. The van der Waals surface area contributed by atoms with Crippen LogP contribution >= 0.6 is 0 Å². The van der Waals surface area contributed by atoms with Crippen LogP contribution in [0, 0.1) is 0 Å². The topological polar surface area (TPSA) is 108 Å². The van der Waals surface area contributed by atoms with Crippen molar-refractivity contribution in [1.82, 2.24) is 0 Å². The number of nitrogens with zero attached hydrogens (tertiary/aromatic N) is 4. The summed E-state index contributed by atoms with van der Waals surface area (Å²) < 4.78 is 0. The highest BCUT2D eigenvalue weighted by atomic mass is 16.1. The lowest BCUT2D eigenvalue weighted by atomic mass is 9.82. The molecular formula is C38H26N6O2. The number of hydrogen-bond acceptors (Lipinski definition) is 8. The minimum absolute atomic E-state index is 0.221. The van der Waals surface area contributed by atoms with E-state index in [4.69, 9.17) is 0 Å². The molecule has 0 aliphatic heterocycles. The Kier molecular flexibility index (Phi) is 7.73. The van der Waals surface area contributed by atoms with Crippen molar-refractivity contribution in [3.8, 4) is 0 Å². The molecule has 6 aromatic rings. The summed E-state index contributed by atoms with van der Waals surface area (Å²) in [5.74, 6) is -0.442. The van der Waals surface area contributed by atoms with Crippen LogP contribution in [0.25, 0.3) is 0 Å². The maximum absolute atomic E-state index is 13.9. The van der Waals surface area contributed by atoms with Crippen LogP contribution in [0.5, 0.6) is 0 Å². The molecule has 2 N–H and O–H groups in total. The van der Waals surface area contributed by atoms with Gasteiger partial charge in [0.2, 0.25) is 0 Å². The van der Waals surface area contributed by atoms with E-state index < -0.39 is 0 Å².